The van der Waals surface area contributed by atoms with Crippen LogP contribution in [-0.2, 0) is 6.42 Å². The summed E-state index contributed by atoms with van der Waals surface area (Å²) in [5, 5.41) is 14.9. The molecule has 0 spiro atoms. The largest absolute Gasteiger partial charge is 0.396 e. The average Bonchev–Trinajstić information content (AvgIpc) is 2.83. The maximum Gasteiger partial charge on any atom is 0.315 e. The van der Waals surface area contributed by atoms with Crippen LogP contribution in [0.15, 0.2) is 18.2 Å². The Balaban J connectivity index is 2.01. The SMILES string of the molecule is CCC(C)(CCO)NC(=O)NC1CCc2c(F)cccc21. The second-order valence-electron chi connectivity index (χ2n) is 5.89. The molecule has 5 heteroatoms. The van der Waals surface area contributed by atoms with Gasteiger partial charge in [-0.3, -0.25) is 0 Å². The van der Waals surface area contributed by atoms with Crippen LogP contribution in [0.2, 0.25) is 0 Å². The van der Waals surface area contributed by atoms with Gasteiger partial charge in [-0.15, -0.1) is 0 Å². The van der Waals surface area contributed by atoms with Crippen molar-refractivity contribution in [3.63, 3.8) is 0 Å². The Bertz CT molecular complexity index is 521. The number of rotatable bonds is 5. The van der Waals surface area contributed by atoms with Gasteiger partial charge >= 0.3 is 6.03 Å². The number of fused-ring (bicyclic) bond motifs is 1. The minimum absolute atomic E-state index is 0.0299. The van der Waals surface area contributed by atoms with Gasteiger partial charge in [0, 0.05) is 12.1 Å². The lowest BCUT2D eigenvalue weighted by Crippen LogP contribution is -2.50. The summed E-state index contributed by atoms with van der Waals surface area (Å²) in [6.07, 6.45) is 2.60. The van der Waals surface area contributed by atoms with E-state index < -0.39 is 5.54 Å². The molecule has 3 N–H and O–H groups in total. The Morgan fingerprint density at radius 2 is 2.29 bits per heavy atom. The smallest absolute Gasteiger partial charge is 0.315 e. The zero-order valence-electron chi connectivity index (χ0n) is 12.6. The van der Waals surface area contributed by atoms with Gasteiger partial charge in [-0.05, 0) is 49.8 Å². The minimum Gasteiger partial charge on any atom is -0.396 e. The fraction of sp³-hybridized carbons (Fsp3) is 0.562. The van der Waals surface area contributed by atoms with Crippen LogP contribution in [-0.4, -0.2) is 23.3 Å². The van der Waals surface area contributed by atoms with Crippen LogP contribution < -0.4 is 10.6 Å². The Labute approximate surface area is 124 Å². The molecule has 2 amide bonds. The molecule has 21 heavy (non-hydrogen) atoms. The van der Waals surface area contributed by atoms with E-state index in [1.807, 2.05) is 19.9 Å². The average molecular weight is 294 g/mol. The van der Waals surface area contributed by atoms with Gasteiger partial charge < -0.3 is 15.7 Å². The molecule has 0 saturated carbocycles. The van der Waals surface area contributed by atoms with E-state index in [0.29, 0.717) is 24.8 Å². The number of amides is 2. The summed E-state index contributed by atoms with van der Waals surface area (Å²) in [7, 11) is 0. The third-order valence-electron chi connectivity index (χ3n) is 4.38. The molecule has 1 aliphatic rings. The van der Waals surface area contributed by atoms with E-state index in [1.54, 1.807) is 6.07 Å². The number of carbonyl (C=O) groups is 1. The van der Waals surface area contributed by atoms with Crippen molar-refractivity contribution in [2.45, 2.75) is 51.1 Å². The lowest BCUT2D eigenvalue weighted by atomic mass is 9.95. The second-order valence-corrected chi connectivity index (χ2v) is 5.89. The first-order valence-electron chi connectivity index (χ1n) is 7.46. The second kappa shape index (κ2) is 6.43. The van der Waals surface area contributed by atoms with E-state index >= 15 is 0 Å². The van der Waals surface area contributed by atoms with Gasteiger partial charge in [0.15, 0.2) is 0 Å². The van der Waals surface area contributed by atoms with Gasteiger partial charge in [-0.25, -0.2) is 9.18 Å². The van der Waals surface area contributed by atoms with Gasteiger partial charge in [0.05, 0.1) is 6.04 Å². The molecule has 1 aromatic rings. The van der Waals surface area contributed by atoms with E-state index in [9.17, 15) is 9.18 Å². The highest BCUT2D eigenvalue weighted by molar-refractivity contribution is 5.75. The molecule has 0 fully saturated rings. The lowest BCUT2D eigenvalue weighted by molar-refractivity contribution is 0.198. The van der Waals surface area contributed by atoms with E-state index in [-0.39, 0.29) is 24.5 Å². The quantitative estimate of drug-likeness (QED) is 0.782. The van der Waals surface area contributed by atoms with Crippen molar-refractivity contribution >= 4 is 6.03 Å². The zero-order valence-corrected chi connectivity index (χ0v) is 12.6. The molecular weight excluding hydrogens is 271 g/mol. The van der Waals surface area contributed by atoms with Crippen molar-refractivity contribution in [3.8, 4) is 0 Å². The fourth-order valence-electron chi connectivity index (χ4n) is 2.80. The molecule has 116 valence electrons. The molecule has 0 radical (unpaired) electrons. The topological polar surface area (TPSA) is 61.4 Å². The van der Waals surface area contributed by atoms with E-state index in [1.165, 1.54) is 6.07 Å². The summed E-state index contributed by atoms with van der Waals surface area (Å²) >= 11 is 0. The first-order valence-corrected chi connectivity index (χ1v) is 7.46. The van der Waals surface area contributed by atoms with Crippen LogP contribution >= 0.6 is 0 Å². The Morgan fingerprint density at radius 3 is 2.95 bits per heavy atom. The van der Waals surface area contributed by atoms with Crippen molar-refractivity contribution in [1.82, 2.24) is 10.6 Å². The number of nitrogens with one attached hydrogen (secondary N) is 2. The summed E-state index contributed by atoms with van der Waals surface area (Å²) < 4.78 is 13.7. The van der Waals surface area contributed by atoms with Gasteiger partial charge in [-0.2, -0.15) is 0 Å². The van der Waals surface area contributed by atoms with Gasteiger partial charge in [-0.1, -0.05) is 19.1 Å². The van der Waals surface area contributed by atoms with Crippen LogP contribution in [0.25, 0.3) is 0 Å². The first-order chi connectivity index (χ1) is 9.99. The molecule has 0 aromatic heterocycles. The van der Waals surface area contributed by atoms with Crippen LogP contribution in [0.5, 0.6) is 0 Å². The highest BCUT2D eigenvalue weighted by Crippen LogP contribution is 2.32. The molecule has 0 aliphatic heterocycles. The highest BCUT2D eigenvalue weighted by atomic mass is 19.1. The molecule has 0 heterocycles. The number of urea groups is 1. The summed E-state index contributed by atoms with van der Waals surface area (Å²) in [6.45, 7) is 3.91. The van der Waals surface area contributed by atoms with Crippen molar-refractivity contribution in [2.75, 3.05) is 6.61 Å². The molecule has 2 unspecified atom stereocenters. The molecule has 0 bridgehead atoms. The molecule has 2 atom stereocenters. The maximum atomic E-state index is 13.7. The predicted molar refractivity (Wildman–Crippen MR) is 79.5 cm³/mol. The Kier molecular flexibility index (Phi) is 4.83. The van der Waals surface area contributed by atoms with Gasteiger partial charge in [0.25, 0.3) is 0 Å². The molecule has 1 aromatic carbocycles. The third-order valence-corrected chi connectivity index (χ3v) is 4.38. The number of aliphatic hydroxyl groups is 1. The fourth-order valence-corrected chi connectivity index (χ4v) is 2.80. The Morgan fingerprint density at radius 1 is 1.52 bits per heavy atom. The number of hydrogen-bond acceptors (Lipinski definition) is 2. The molecule has 4 nitrogen and oxygen atoms in total. The number of aliphatic hydroxyl groups excluding tert-OH is 1. The van der Waals surface area contributed by atoms with E-state index in [0.717, 1.165) is 12.0 Å². The summed E-state index contributed by atoms with van der Waals surface area (Å²) in [5.74, 6) is -0.198. The highest BCUT2D eigenvalue weighted by Gasteiger charge is 2.28. The number of halogens is 1. The monoisotopic (exact) mass is 294 g/mol. The van der Waals surface area contributed by atoms with E-state index in [4.69, 9.17) is 5.11 Å². The summed E-state index contributed by atoms with van der Waals surface area (Å²) in [6, 6.07) is 4.58. The van der Waals surface area contributed by atoms with E-state index in [2.05, 4.69) is 10.6 Å². The third kappa shape index (κ3) is 3.53. The minimum atomic E-state index is -0.428. The van der Waals surface area contributed by atoms with Gasteiger partial charge in [0.1, 0.15) is 5.82 Å². The predicted octanol–water partition coefficient (Wildman–Crippen LogP) is 2.66. The zero-order chi connectivity index (χ0) is 15.5. The maximum absolute atomic E-state index is 13.7. The van der Waals surface area contributed by atoms with Crippen LogP contribution in [0, 0.1) is 5.82 Å². The van der Waals surface area contributed by atoms with Gasteiger partial charge in [0.2, 0.25) is 0 Å². The molecular formula is C16H23FN2O2. The number of carbonyl (C=O) groups excluding carboxylic acids is 1. The van der Waals surface area contributed by atoms with Crippen LogP contribution in [0.1, 0.15) is 50.3 Å². The van der Waals surface area contributed by atoms with Crippen molar-refractivity contribution < 1.29 is 14.3 Å². The Hall–Kier alpha value is -1.62. The van der Waals surface area contributed by atoms with Crippen molar-refractivity contribution in [1.29, 1.82) is 0 Å². The van der Waals surface area contributed by atoms with Crippen LogP contribution in [0.4, 0.5) is 9.18 Å². The normalized spacial score (nSPS) is 19.7. The molecule has 1 aliphatic carbocycles. The number of benzene rings is 1. The van der Waals surface area contributed by atoms with Crippen molar-refractivity contribution in [3.05, 3.63) is 35.1 Å². The number of hydrogen-bond donors (Lipinski definition) is 3. The molecule has 2 rings (SSSR count). The summed E-state index contributed by atoms with van der Waals surface area (Å²) in [4.78, 5) is 12.1. The molecule has 0 saturated heterocycles. The lowest BCUT2D eigenvalue weighted by Gasteiger charge is -2.30. The van der Waals surface area contributed by atoms with Crippen LogP contribution in [0.3, 0.4) is 0 Å². The van der Waals surface area contributed by atoms with Crippen molar-refractivity contribution in [2.24, 2.45) is 0 Å². The first kappa shape index (κ1) is 15.8. The summed E-state index contributed by atoms with van der Waals surface area (Å²) in [5.41, 5.74) is 1.14. The standard InChI is InChI=1S/C16H23FN2O2/c1-3-16(2,9-10-20)19-15(21)18-14-8-7-11-12(14)5-4-6-13(11)17/h4-6,14,20H,3,7-10H2,1-2H3,(H2,18,19,21).